The van der Waals surface area contributed by atoms with Gasteiger partial charge in [-0.15, -0.1) is 0 Å². The second-order valence-electron chi connectivity index (χ2n) is 20.4. The van der Waals surface area contributed by atoms with Crippen LogP contribution in [0, 0.1) is 0 Å². The number of carbonyl (C=O) groups is 1. The number of aliphatic hydroxyl groups is 8. The second-order valence-corrected chi connectivity index (χ2v) is 20.4. The van der Waals surface area contributed by atoms with Crippen molar-refractivity contribution in [3.8, 4) is 0 Å². The summed E-state index contributed by atoms with van der Waals surface area (Å²) in [5.74, 6) is -0.252. The topological polar surface area (TPSA) is 228 Å². The maximum absolute atomic E-state index is 13.2. The van der Waals surface area contributed by atoms with Gasteiger partial charge in [0.25, 0.3) is 0 Å². The molecule has 0 radical (unpaired) electrons. The van der Waals surface area contributed by atoms with Crippen LogP contribution in [-0.2, 0) is 23.7 Å². The number of nitrogens with one attached hydrogen (secondary N) is 1. The molecule has 0 aromatic heterocycles. The number of hydrogen-bond donors (Lipinski definition) is 9. The van der Waals surface area contributed by atoms with Crippen molar-refractivity contribution in [1.29, 1.82) is 0 Å². The van der Waals surface area contributed by atoms with Gasteiger partial charge < -0.3 is 65.1 Å². The molecule has 12 unspecified atom stereocenters. The molecule has 2 heterocycles. The van der Waals surface area contributed by atoms with Gasteiger partial charge in [0.2, 0.25) is 5.91 Å². The lowest BCUT2D eigenvalue weighted by molar-refractivity contribution is -0.359. The van der Waals surface area contributed by atoms with Crippen molar-refractivity contribution in [1.82, 2.24) is 5.32 Å². The molecule has 0 aromatic carbocycles. The third-order valence-corrected chi connectivity index (χ3v) is 14.0. The third-order valence-electron chi connectivity index (χ3n) is 14.0. The highest BCUT2D eigenvalue weighted by Crippen LogP contribution is 2.30. The summed E-state index contributed by atoms with van der Waals surface area (Å²) in [7, 11) is 0. The van der Waals surface area contributed by atoms with Crippen molar-refractivity contribution in [3.63, 3.8) is 0 Å². The first-order chi connectivity index (χ1) is 35.1. The van der Waals surface area contributed by atoms with E-state index in [1.54, 1.807) is 6.08 Å². The predicted octanol–water partition coefficient (Wildman–Crippen LogP) is 9.22. The van der Waals surface area contributed by atoms with Crippen molar-refractivity contribution in [2.75, 3.05) is 19.8 Å². The molecule has 14 nitrogen and oxygen atoms in total. The quantitative estimate of drug-likeness (QED) is 0.0205. The smallest absolute Gasteiger partial charge is 0.220 e. The molecule has 0 saturated carbocycles. The van der Waals surface area contributed by atoms with E-state index in [2.05, 4.69) is 55.6 Å². The normalized spacial score (nSPS) is 25.9. The molecule has 9 N–H and O–H groups in total. The van der Waals surface area contributed by atoms with Crippen LogP contribution in [-0.4, -0.2) is 140 Å². The minimum Gasteiger partial charge on any atom is -0.394 e. The van der Waals surface area contributed by atoms with Crippen LogP contribution in [0.5, 0.6) is 0 Å². The number of allylic oxidation sites excluding steroid dienone is 7. The summed E-state index contributed by atoms with van der Waals surface area (Å²) in [5.41, 5.74) is 0. The summed E-state index contributed by atoms with van der Waals surface area (Å²) < 4.78 is 22.7. The zero-order valence-corrected chi connectivity index (χ0v) is 44.9. The zero-order valence-electron chi connectivity index (χ0n) is 44.9. The Bertz CT molecular complexity index is 1390. The average Bonchev–Trinajstić information content (AvgIpc) is 3.38. The number of ether oxygens (including phenoxy) is 4. The minimum absolute atomic E-state index is 0.252. The van der Waals surface area contributed by atoms with Crippen LogP contribution in [0.4, 0.5) is 0 Å². The largest absolute Gasteiger partial charge is 0.394 e. The van der Waals surface area contributed by atoms with Crippen LogP contribution >= 0.6 is 0 Å². The number of amides is 1. The highest BCUT2D eigenvalue weighted by Gasteiger charge is 2.51. The molecule has 2 fully saturated rings. The van der Waals surface area contributed by atoms with Gasteiger partial charge in [-0.05, 0) is 57.8 Å². The molecule has 2 saturated heterocycles. The maximum Gasteiger partial charge on any atom is 0.220 e. The molecular formula is C58H105NO13. The van der Waals surface area contributed by atoms with Gasteiger partial charge in [-0.1, -0.05) is 204 Å². The standard InChI is InChI=1S/C58H105NO13/c1-3-5-7-9-11-13-15-17-19-21-22-23-24-26-28-30-32-34-36-38-40-42-50(63)59-46(47(62)41-39-37-35-33-31-29-27-25-20-18-16-14-12-10-8-6-4-2)45-69-57-55(68)53(66)56(49(44-61)71-57)72-58-54(67)52(65)51(64)48(43-60)70-58/h15,17,21-22,24,26,39,41,46-49,51-58,60-62,64-68H,3-14,16,18-20,23,25,27-38,40,42-45H2,1-2H3,(H,59,63)/b17-15-,22-21-,26-24-,41-39+. The third kappa shape index (κ3) is 29.9. The van der Waals surface area contributed by atoms with Gasteiger partial charge in [-0.3, -0.25) is 4.79 Å². The first-order valence-corrected chi connectivity index (χ1v) is 28.9. The van der Waals surface area contributed by atoms with Crippen LogP contribution in [0.3, 0.4) is 0 Å². The molecule has 14 heteroatoms. The lowest BCUT2D eigenvalue weighted by atomic mass is 9.97. The van der Waals surface area contributed by atoms with Crippen LogP contribution in [0.1, 0.15) is 219 Å². The predicted molar refractivity (Wildman–Crippen MR) is 286 cm³/mol. The van der Waals surface area contributed by atoms with E-state index in [1.807, 2.05) is 6.08 Å². The summed E-state index contributed by atoms with van der Waals surface area (Å²) in [6.07, 6.45) is 37.1. The van der Waals surface area contributed by atoms with E-state index in [-0.39, 0.29) is 18.9 Å². The fourth-order valence-corrected chi connectivity index (χ4v) is 9.30. The van der Waals surface area contributed by atoms with E-state index in [1.165, 1.54) is 122 Å². The first-order valence-electron chi connectivity index (χ1n) is 28.9. The zero-order chi connectivity index (χ0) is 52.4. The Morgan fingerprint density at radius 1 is 0.500 bits per heavy atom. The summed E-state index contributed by atoms with van der Waals surface area (Å²) in [5, 5.41) is 87.0. The van der Waals surface area contributed by atoms with Crippen molar-refractivity contribution >= 4 is 5.91 Å². The summed E-state index contributed by atoms with van der Waals surface area (Å²) >= 11 is 0. The molecule has 2 rings (SSSR count). The van der Waals surface area contributed by atoms with E-state index in [4.69, 9.17) is 18.9 Å². The minimum atomic E-state index is -1.79. The second kappa shape index (κ2) is 44.1. The van der Waals surface area contributed by atoms with Crippen molar-refractivity contribution in [2.24, 2.45) is 0 Å². The van der Waals surface area contributed by atoms with E-state index < -0.39 is 86.8 Å². The van der Waals surface area contributed by atoms with E-state index in [9.17, 15) is 45.6 Å². The number of carbonyl (C=O) groups excluding carboxylic acids is 1. The molecule has 72 heavy (non-hydrogen) atoms. The molecule has 12 atom stereocenters. The molecule has 2 aliphatic heterocycles. The number of hydrogen-bond acceptors (Lipinski definition) is 13. The Hall–Kier alpha value is -2.05. The van der Waals surface area contributed by atoms with E-state index in [0.29, 0.717) is 6.42 Å². The van der Waals surface area contributed by atoms with Gasteiger partial charge in [0.15, 0.2) is 12.6 Å². The van der Waals surface area contributed by atoms with E-state index in [0.717, 1.165) is 70.6 Å². The SMILES string of the molecule is CCCCCCC/C=C\C/C=C\C/C=C\CCCCCCCCC(=O)NC(COC1OC(CO)C(OC2OC(CO)C(O)C(O)C2O)C(O)C1O)C(O)/C=C/CCCCCCCCCCCCCCCCC. The highest BCUT2D eigenvalue weighted by atomic mass is 16.7. The van der Waals surface area contributed by atoms with E-state index >= 15 is 0 Å². The Labute approximate surface area is 435 Å². The average molecular weight is 1020 g/mol. The molecule has 0 spiro atoms. The number of unbranched alkanes of at least 4 members (excludes halogenated alkanes) is 26. The summed E-state index contributed by atoms with van der Waals surface area (Å²) in [6, 6.07) is -0.922. The Morgan fingerprint density at radius 3 is 1.40 bits per heavy atom. The Kier molecular flexibility index (Phi) is 40.5. The number of rotatable bonds is 45. The fraction of sp³-hybridized carbons (Fsp3) is 0.845. The number of aliphatic hydroxyl groups excluding tert-OH is 8. The van der Waals surface area contributed by atoms with Crippen LogP contribution in [0.25, 0.3) is 0 Å². The van der Waals surface area contributed by atoms with Crippen molar-refractivity contribution < 1.29 is 64.6 Å². The molecular weight excluding hydrogens is 919 g/mol. The molecule has 1 amide bonds. The first kappa shape index (κ1) is 66.1. The fourth-order valence-electron chi connectivity index (χ4n) is 9.30. The van der Waals surface area contributed by atoms with Crippen molar-refractivity contribution in [3.05, 3.63) is 48.6 Å². The maximum atomic E-state index is 13.2. The lowest BCUT2D eigenvalue weighted by Gasteiger charge is -2.46. The molecule has 0 aliphatic carbocycles. The van der Waals surface area contributed by atoms with Crippen LogP contribution < -0.4 is 5.32 Å². The van der Waals surface area contributed by atoms with Crippen molar-refractivity contribution in [2.45, 2.75) is 293 Å². The van der Waals surface area contributed by atoms with Gasteiger partial charge in [-0.2, -0.15) is 0 Å². The van der Waals surface area contributed by atoms with Gasteiger partial charge in [0.05, 0.1) is 32.0 Å². The Morgan fingerprint density at radius 2 is 0.917 bits per heavy atom. The molecule has 0 bridgehead atoms. The summed E-state index contributed by atoms with van der Waals surface area (Å²) in [6.45, 7) is 2.78. The highest BCUT2D eigenvalue weighted by molar-refractivity contribution is 5.76. The molecule has 420 valence electrons. The van der Waals surface area contributed by atoms with Gasteiger partial charge in [0, 0.05) is 6.42 Å². The summed E-state index contributed by atoms with van der Waals surface area (Å²) in [4.78, 5) is 13.2. The van der Waals surface area contributed by atoms with Gasteiger partial charge in [0.1, 0.15) is 48.8 Å². The van der Waals surface area contributed by atoms with Gasteiger partial charge >= 0.3 is 0 Å². The monoisotopic (exact) mass is 1020 g/mol. The van der Waals surface area contributed by atoms with Crippen LogP contribution in [0.15, 0.2) is 48.6 Å². The molecule has 2 aliphatic rings. The lowest BCUT2D eigenvalue weighted by Crippen LogP contribution is -2.65. The van der Waals surface area contributed by atoms with Gasteiger partial charge in [-0.25, -0.2) is 0 Å². The Balaban J connectivity index is 1.80. The van der Waals surface area contributed by atoms with Crippen LogP contribution in [0.2, 0.25) is 0 Å². The molecule has 0 aromatic rings.